The largest absolute Gasteiger partial charge is 0.355 e. The average molecular weight is 234 g/mol. The van der Waals surface area contributed by atoms with E-state index >= 15 is 0 Å². The molecule has 0 spiro atoms. The fourth-order valence-electron chi connectivity index (χ4n) is 2.28. The van der Waals surface area contributed by atoms with Crippen molar-refractivity contribution in [2.45, 2.75) is 39.7 Å². The molecule has 1 aliphatic rings. The van der Waals surface area contributed by atoms with E-state index in [4.69, 9.17) is 5.73 Å². The van der Waals surface area contributed by atoms with Gasteiger partial charge in [-0.05, 0) is 36.8 Å². The molecule has 0 aliphatic carbocycles. The number of nitrogens with zero attached hydrogens (tertiary/aromatic N) is 3. The lowest BCUT2D eigenvalue weighted by molar-refractivity contribution is 0.325. The number of rotatable bonds is 2. The van der Waals surface area contributed by atoms with Gasteiger partial charge in [0.2, 0.25) is 0 Å². The molecule has 17 heavy (non-hydrogen) atoms. The number of anilines is 1. The maximum absolute atomic E-state index is 5.52. The summed E-state index contributed by atoms with van der Waals surface area (Å²) in [7, 11) is 0. The summed E-state index contributed by atoms with van der Waals surface area (Å²) in [5.41, 5.74) is 6.83. The van der Waals surface area contributed by atoms with Gasteiger partial charge in [-0.15, -0.1) is 5.10 Å². The van der Waals surface area contributed by atoms with Gasteiger partial charge in [0.05, 0.1) is 5.69 Å². The highest BCUT2D eigenvalue weighted by molar-refractivity contribution is 5.37. The Kier molecular flexibility index (Phi) is 3.62. The van der Waals surface area contributed by atoms with Crippen LogP contribution in [0.15, 0.2) is 12.1 Å². The normalized spacial score (nSPS) is 20.1. The van der Waals surface area contributed by atoms with Crippen LogP contribution in [0.2, 0.25) is 0 Å². The number of aromatic nitrogens is 2. The molecule has 0 aromatic carbocycles. The van der Waals surface area contributed by atoms with Gasteiger partial charge in [-0.2, -0.15) is 5.10 Å². The standard InChI is InChI=1S/C13H22N4/c1-13(2)6-3-8-17(9-7-13)12-5-4-11(10-14)15-16-12/h4-5H,3,6-10,14H2,1-2H3. The molecule has 1 saturated heterocycles. The van der Waals surface area contributed by atoms with Crippen LogP contribution < -0.4 is 10.6 Å². The van der Waals surface area contributed by atoms with E-state index in [9.17, 15) is 0 Å². The maximum Gasteiger partial charge on any atom is 0.151 e. The predicted molar refractivity (Wildman–Crippen MR) is 69.8 cm³/mol. The quantitative estimate of drug-likeness (QED) is 0.849. The second-order valence-corrected chi connectivity index (χ2v) is 5.59. The second kappa shape index (κ2) is 5.00. The number of hydrogen-bond donors (Lipinski definition) is 1. The lowest BCUT2D eigenvalue weighted by atomic mass is 9.85. The van der Waals surface area contributed by atoms with Crippen LogP contribution in [0.5, 0.6) is 0 Å². The van der Waals surface area contributed by atoms with Gasteiger partial charge in [-0.1, -0.05) is 13.8 Å². The molecule has 2 rings (SSSR count). The van der Waals surface area contributed by atoms with Gasteiger partial charge >= 0.3 is 0 Å². The van der Waals surface area contributed by atoms with E-state index in [0.717, 1.165) is 24.6 Å². The van der Waals surface area contributed by atoms with Crippen molar-refractivity contribution in [3.63, 3.8) is 0 Å². The average Bonchev–Trinajstić information content (AvgIpc) is 2.50. The van der Waals surface area contributed by atoms with Crippen molar-refractivity contribution in [3.05, 3.63) is 17.8 Å². The van der Waals surface area contributed by atoms with Gasteiger partial charge in [-0.3, -0.25) is 0 Å². The molecule has 4 heteroatoms. The molecule has 1 aromatic heterocycles. The van der Waals surface area contributed by atoms with Gasteiger partial charge in [0, 0.05) is 19.6 Å². The Morgan fingerprint density at radius 1 is 1.24 bits per heavy atom. The highest BCUT2D eigenvalue weighted by Gasteiger charge is 2.23. The Balaban J connectivity index is 2.06. The first-order valence-electron chi connectivity index (χ1n) is 6.38. The zero-order valence-electron chi connectivity index (χ0n) is 10.8. The molecule has 1 aliphatic heterocycles. The van der Waals surface area contributed by atoms with Crippen LogP contribution in [0.1, 0.15) is 38.8 Å². The van der Waals surface area contributed by atoms with Crippen LogP contribution in [0, 0.1) is 5.41 Å². The maximum atomic E-state index is 5.52. The summed E-state index contributed by atoms with van der Waals surface area (Å²) in [6.07, 6.45) is 3.73. The van der Waals surface area contributed by atoms with Crippen LogP contribution in [-0.2, 0) is 6.54 Å². The highest BCUT2D eigenvalue weighted by Crippen LogP contribution is 2.30. The smallest absolute Gasteiger partial charge is 0.151 e. The molecule has 0 unspecified atom stereocenters. The van der Waals surface area contributed by atoms with Crippen molar-refractivity contribution in [2.75, 3.05) is 18.0 Å². The van der Waals surface area contributed by atoms with Crippen molar-refractivity contribution >= 4 is 5.82 Å². The Morgan fingerprint density at radius 2 is 2.06 bits per heavy atom. The molecule has 0 bridgehead atoms. The minimum atomic E-state index is 0.458. The third-order valence-electron chi connectivity index (χ3n) is 3.58. The van der Waals surface area contributed by atoms with Gasteiger partial charge < -0.3 is 10.6 Å². The van der Waals surface area contributed by atoms with Crippen LogP contribution in [-0.4, -0.2) is 23.3 Å². The molecule has 2 heterocycles. The van der Waals surface area contributed by atoms with E-state index in [-0.39, 0.29) is 0 Å². The van der Waals surface area contributed by atoms with Crippen LogP contribution in [0.4, 0.5) is 5.82 Å². The van der Waals surface area contributed by atoms with E-state index in [1.807, 2.05) is 12.1 Å². The summed E-state index contributed by atoms with van der Waals surface area (Å²) in [5, 5.41) is 8.38. The summed E-state index contributed by atoms with van der Waals surface area (Å²) in [6.45, 7) is 7.31. The third kappa shape index (κ3) is 3.16. The number of hydrogen-bond acceptors (Lipinski definition) is 4. The summed E-state index contributed by atoms with van der Waals surface area (Å²) in [6, 6.07) is 4.01. The van der Waals surface area contributed by atoms with Gasteiger partial charge in [0.25, 0.3) is 0 Å². The zero-order chi connectivity index (χ0) is 12.3. The van der Waals surface area contributed by atoms with E-state index in [1.54, 1.807) is 0 Å². The fraction of sp³-hybridized carbons (Fsp3) is 0.692. The first kappa shape index (κ1) is 12.3. The minimum absolute atomic E-state index is 0.458. The molecule has 1 aromatic rings. The van der Waals surface area contributed by atoms with Crippen molar-refractivity contribution in [2.24, 2.45) is 11.1 Å². The van der Waals surface area contributed by atoms with E-state index in [2.05, 4.69) is 28.9 Å². The van der Waals surface area contributed by atoms with E-state index in [1.165, 1.54) is 19.3 Å². The summed E-state index contributed by atoms with van der Waals surface area (Å²) in [5.74, 6) is 0.986. The van der Waals surface area contributed by atoms with Crippen molar-refractivity contribution in [1.82, 2.24) is 10.2 Å². The van der Waals surface area contributed by atoms with Crippen LogP contribution in [0.25, 0.3) is 0 Å². The van der Waals surface area contributed by atoms with Crippen molar-refractivity contribution in [1.29, 1.82) is 0 Å². The lowest BCUT2D eigenvalue weighted by Gasteiger charge is -2.23. The minimum Gasteiger partial charge on any atom is -0.355 e. The summed E-state index contributed by atoms with van der Waals surface area (Å²) in [4.78, 5) is 2.34. The first-order valence-corrected chi connectivity index (χ1v) is 6.38. The molecule has 0 saturated carbocycles. The van der Waals surface area contributed by atoms with E-state index in [0.29, 0.717) is 12.0 Å². The monoisotopic (exact) mass is 234 g/mol. The molecule has 0 radical (unpaired) electrons. The molecule has 94 valence electrons. The topological polar surface area (TPSA) is 55.0 Å². The van der Waals surface area contributed by atoms with Crippen LogP contribution in [0.3, 0.4) is 0 Å². The Bertz CT molecular complexity index is 358. The van der Waals surface area contributed by atoms with Crippen molar-refractivity contribution < 1.29 is 0 Å². The second-order valence-electron chi connectivity index (χ2n) is 5.59. The summed E-state index contributed by atoms with van der Waals surface area (Å²) < 4.78 is 0. The Hall–Kier alpha value is -1.16. The lowest BCUT2D eigenvalue weighted by Crippen LogP contribution is -2.26. The SMILES string of the molecule is CC1(C)CCCN(c2ccc(CN)nn2)CC1. The third-order valence-corrected chi connectivity index (χ3v) is 3.58. The first-order chi connectivity index (χ1) is 8.11. The molecule has 0 amide bonds. The number of nitrogens with two attached hydrogens (primary N) is 1. The predicted octanol–water partition coefficient (Wildman–Crippen LogP) is 1.95. The van der Waals surface area contributed by atoms with Crippen molar-refractivity contribution in [3.8, 4) is 0 Å². The zero-order valence-corrected chi connectivity index (χ0v) is 10.8. The Morgan fingerprint density at radius 3 is 2.71 bits per heavy atom. The molecular formula is C13H22N4. The molecular weight excluding hydrogens is 212 g/mol. The molecule has 0 atom stereocenters. The van der Waals surface area contributed by atoms with Gasteiger partial charge in [-0.25, -0.2) is 0 Å². The summed E-state index contributed by atoms with van der Waals surface area (Å²) >= 11 is 0. The van der Waals surface area contributed by atoms with Gasteiger partial charge in [0.15, 0.2) is 5.82 Å². The highest BCUT2D eigenvalue weighted by atomic mass is 15.3. The molecule has 2 N–H and O–H groups in total. The van der Waals surface area contributed by atoms with Gasteiger partial charge in [0.1, 0.15) is 0 Å². The van der Waals surface area contributed by atoms with E-state index < -0.39 is 0 Å². The molecule has 4 nitrogen and oxygen atoms in total. The molecule has 1 fully saturated rings. The van der Waals surface area contributed by atoms with Crippen LogP contribution >= 0.6 is 0 Å². The Labute approximate surface area is 103 Å². The fourth-order valence-corrected chi connectivity index (χ4v) is 2.28.